The molecule has 3 aromatic rings. The summed E-state index contributed by atoms with van der Waals surface area (Å²) in [5, 5.41) is 6.74. The predicted octanol–water partition coefficient (Wildman–Crippen LogP) is 1.18. The molecule has 0 spiro atoms. The summed E-state index contributed by atoms with van der Waals surface area (Å²) in [5.41, 5.74) is 0.793. The Hall–Kier alpha value is -2.97. The molecule has 3 rings (SSSR count). The second kappa shape index (κ2) is 6.50. The molecule has 0 saturated carbocycles. The molecule has 0 atom stereocenters. The fraction of sp³-hybridized carbons (Fsp3) is 0.438. The van der Waals surface area contributed by atoms with E-state index in [0.29, 0.717) is 29.7 Å². The van der Waals surface area contributed by atoms with Crippen LogP contribution in [0.3, 0.4) is 0 Å². The van der Waals surface area contributed by atoms with E-state index < -0.39 is 11.5 Å². The maximum Gasteiger partial charge on any atom is 0.285 e. The van der Waals surface area contributed by atoms with Gasteiger partial charge in [-0.3, -0.25) is 14.7 Å². The fourth-order valence-corrected chi connectivity index (χ4v) is 2.50. The molecule has 1 N–H and O–H groups in total. The van der Waals surface area contributed by atoms with Gasteiger partial charge >= 0.3 is 0 Å². The van der Waals surface area contributed by atoms with Gasteiger partial charge in [-0.05, 0) is 12.8 Å². The average molecular weight is 344 g/mol. The molecule has 0 aliphatic heterocycles. The molecule has 0 aliphatic rings. The quantitative estimate of drug-likeness (QED) is 0.744. The number of fused-ring (bicyclic) bond motifs is 1. The van der Waals surface area contributed by atoms with Gasteiger partial charge in [0.1, 0.15) is 5.56 Å². The number of aromatic nitrogens is 5. The molecule has 3 heterocycles. The SMILES string of the molecule is Cc1cc2ncc(C(=O)N(C)Cc3noc(CC(C)C)n3)c(=O)n2[nH]1. The largest absolute Gasteiger partial charge is 0.339 e. The van der Waals surface area contributed by atoms with E-state index in [2.05, 4.69) is 34.1 Å². The lowest BCUT2D eigenvalue weighted by Crippen LogP contribution is -2.33. The van der Waals surface area contributed by atoms with E-state index in [1.807, 2.05) is 6.92 Å². The molecule has 3 aromatic heterocycles. The molecule has 0 aliphatic carbocycles. The number of aryl methyl sites for hydroxylation is 1. The molecule has 132 valence electrons. The minimum Gasteiger partial charge on any atom is -0.339 e. The summed E-state index contributed by atoms with van der Waals surface area (Å²) >= 11 is 0. The number of nitrogens with one attached hydrogen (secondary N) is 1. The standard InChI is InChI=1S/C16H20N6O3/c1-9(2)5-14-18-12(20-25-14)8-21(4)15(23)11-7-17-13-6-10(3)19-22(13)16(11)24/h6-7,9,19H,5,8H2,1-4H3. The van der Waals surface area contributed by atoms with E-state index in [0.717, 1.165) is 5.69 Å². The monoisotopic (exact) mass is 344 g/mol. The van der Waals surface area contributed by atoms with Gasteiger partial charge in [0.15, 0.2) is 11.5 Å². The van der Waals surface area contributed by atoms with Gasteiger partial charge in [0, 0.05) is 31.4 Å². The molecular formula is C16H20N6O3. The lowest BCUT2D eigenvalue weighted by molar-refractivity contribution is 0.0778. The fourth-order valence-electron chi connectivity index (χ4n) is 2.50. The number of hydrogen-bond donors (Lipinski definition) is 1. The summed E-state index contributed by atoms with van der Waals surface area (Å²) < 4.78 is 6.42. The third-order valence-electron chi connectivity index (χ3n) is 3.67. The number of hydrogen-bond acceptors (Lipinski definition) is 6. The zero-order valence-corrected chi connectivity index (χ0v) is 14.6. The van der Waals surface area contributed by atoms with Gasteiger partial charge in [-0.2, -0.15) is 4.98 Å². The Kier molecular flexibility index (Phi) is 4.39. The van der Waals surface area contributed by atoms with E-state index in [1.54, 1.807) is 13.1 Å². The van der Waals surface area contributed by atoms with Crippen LogP contribution in [-0.4, -0.2) is 42.6 Å². The molecule has 0 saturated heterocycles. The summed E-state index contributed by atoms with van der Waals surface area (Å²) in [6.07, 6.45) is 1.98. The van der Waals surface area contributed by atoms with Crippen molar-refractivity contribution in [3.8, 4) is 0 Å². The number of H-pyrrole nitrogens is 1. The number of carbonyl (C=O) groups is 1. The second-order valence-electron chi connectivity index (χ2n) is 6.47. The van der Waals surface area contributed by atoms with Crippen LogP contribution < -0.4 is 5.56 Å². The number of amides is 1. The summed E-state index contributed by atoms with van der Waals surface area (Å²) in [6.45, 7) is 6.07. The normalized spacial score (nSPS) is 11.4. The molecule has 9 nitrogen and oxygen atoms in total. The number of carbonyl (C=O) groups excluding carboxylic acids is 1. The average Bonchev–Trinajstić information content (AvgIpc) is 3.12. The molecule has 0 unspecified atom stereocenters. The highest BCUT2D eigenvalue weighted by Gasteiger charge is 2.20. The Balaban J connectivity index is 1.79. The number of rotatable bonds is 5. The molecular weight excluding hydrogens is 324 g/mol. The third kappa shape index (κ3) is 3.44. The van der Waals surface area contributed by atoms with E-state index >= 15 is 0 Å². The lowest BCUT2D eigenvalue weighted by Gasteiger charge is -2.14. The van der Waals surface area contributed by atoms with Crippen LogP contribution in [0.2, 0.25) is 0 Å². The zero-order chi connectivity index (χ0) is 18.1. The highest BCUT2D eigenvalue weighted by atomic mass is 16.5. The van der Waals surface area contributed by atoms with Gasteiger partial charge in [0.2, 0.25) is 5.89 Å². The van der Waals surface area contributed by atoms with Gasteiger partial charge in [0.05, 0.1) is 6.54 Å². The maximum absolute atomic E-state index is 12.6. The third-order valence-corrected chi connectivity index (χ3v) is 3.67. The van der Waals surface area contributed by atoms with E-state index in [4.69, 9.17) is 4.52 Å². The summed E-state index contributed by atoms with van der Waals surface area (Å²) in [7, 11) is 1.58. The van der Waals surface area contributed by atoms with Crippen LogP contribution >= 0.6 is 0 Å². The lowest BCUT2D eigenvalue weighted by atomic mass is 10.1. The Bertz CT molecular complexity index is 968. The minimum atomic E-state index is -0.450. The number of nitrogens with zero attached hydrogens (tertiary/aromatic N) is 5. The van der Waals surface area contributed by atoms with Crippen LogP contribution in [0.4, 0.5) is 0 Å². The first-order chi connectivity index (χ1) is 11.8. The van der Waals surface area contributed by atoms with Crippen molar-refractivity contribution in [2.24, 2.45) is 5.92 Å². The van der Waals surface area contributed by atoms with Gasteiger partial charge in [-0.15, -0.1) is 0 Å². The summed E-state index contributed by atoms with van der Waals surface area (Å²) in [6, 6.07) is 1.73. The van der Waals surface area contributed by atoms with E-state index in [9.17, 15) is 9.59 Å². The Morgan fingerprint density at radius 1 is 1.44 bits per heavy atom. The van der Waals surface area contributed by atoms with Gasteiger partial charge in [0.25, 0.3) is 11.5 Å². The Labute approximate surface area is 143 Å². The van der Waals surface area contributed by atoms with E-state index in [1.165, 1.54) is 15.6 Å². The van der Waals surface area contributed by atoms with Crippen molar-refractivity contribution < 1.29 is 9.32 Å². The van der Waals surface area contributed by atoms with Crippen LogP contribution in [0.15, 0.2) is 21.6 Å². The second-order valence-corrected chi connectivity index (χ2v) is 6.47. The van der Waals surface area contributed by atoms with Crippen molar-refractivity contribution in [3.05, 3.63) is 45.6 Å². The maximum atomic E-state index is 12.6. The van der Waals surface area contributed by atoms with Gasteiger partial charge in [-0.1, -0.05) is 19.0 Å². The smallest absolute Gasteiger partial charge is 0.285 e. The summed E-state index contributed by atoms with van der Waals surface area (Å²) in [5.74, 6) is 0.886. The minimum absolute atomic E-state index is 0.0206. The molecule has 0 bridgehead atoms. The molecule has 9 heteroatoms. The van der Waals surface area contributed by atoms with Crippen molar-refractivity contribution in [3.63, 3.8) is 0 Å². The highest BCUT2D eigenvalue weighted by molar-refractivity contribution is 5.93. The first-order valence-electron chi connectivity index (χ1n) is 7.99. The topological polar surface area (TPSA) is 109 Å². The Morgan fingerprint density at radius 3 is 2.92 bits per heavy atom. The molecule has 0 radical (unpaired) electrons. The predicted molar refractivity (Wildman–Crippen MR) is 89.2 cm³/mol. The summed E-state index contributed by atoms with van der Waals surface area (Å²) in [4.78, 5) is 34.8. The van der Waals surface area contributed by atoms with Crippen LogP contribution in [0, 0.1) is 12.8 Å². The van der Waals surface area contributed by atoms with Crippen LogP contribution in [0.5, 0.6) is 0 Å². The van der Waals surface area contributed by atoms with Crippen LogP contribution in [0.1, 0.15) is 41.6 Å². The zero-order valence-electron chi connectivity index (χ0n) is 14.6. The molecule has 1 amide bonds. The highest BCUT2D eigenvalue weighted by Crippen LogP contribution is 2.08. The van der Waals surface area contributed by atoms with Crippen molar-refractivity contribution >= 4 is 11.6 Å². The van der Waals surface area contributed by atoms with Crippen molar-refractivity contribution in [1.29, 1.82) is 0 Å². The van der Waals surface area contributed by atoms with Crippen molar-refractivity contribution in [2.75, 3.05) is 7.05 Å². The van der Waals surface area contributed by atoms with Gasteiger partial charge < -0.3 is 9.42 Å². The van der Waals surface area contributed by atoms with Crippen molar-refractivity contribution in [1.82, 2.24) is 29.6 Å². The van der Waals surface area contributed by atoms with E-state index in [-0.39, 0.29) is 12.1 Å². The molecule has 0 fully saturated rings. The Morgan fingerprint density at radius 2 is 2.20 bits per heavy atom. The van der Waals surface area contributed by atoms with Gasteiger partial charge in [-0.25, -0.2) is 9.50 Å². The van der Waals surface area contributed by atoms with Crippen molar-refractivity contribution in [2.45, 2.75) is 33.7 Å². The van der Waals surface area contributed by atoms with Crippen LogP contribution in [0.25, 0.3) is 5.65 Å². The van der Waals surface area contributed by atoms with Crippen LogP contribution in [-0.2, 0) is 13.0 Å². The molecule has 0 aromatic carbocycles. The first-order valence-corrected chi connectivity index (χ1v) is 7.99. The molecule has 25 heavy (non-hydrogen) atoms. The number of aromatic amines is 1. The first kappa shape index (κ1) is 16.9.